The van der Waals surface area contributed by atoms with E-state index in [1.807, 2.05) is 29.2 Å². The molecule has 2 fully saturated rings. The number of aromatic nitrogens is 2. The van der Waals surface area contributed by atoms with Gasteiger partial charge in [-0.05, 0) is 53.1 Å². The second-order valence-corrected chi connectivity index (χ2v) is 8.90. The monoisotopic (exact) mass is 447 g/mol. The second kappa shape index (κ2) is 9.75. The summed E-state index contributed by atoms with van der Waals surface area (Å²) in [4.78, 5) is 30.8. The Labute approximate surface area is 192 Å². The van der Waals surface area contributed by atoms with Crippen molar-refractivity contribution in [3.05, 3.63) is 64.1 Å². The molecule has 1 N–H and O–H groups in total. The van der Waals surface area contributed by atoms with Crippen molar-refractivity contribution in [3.63, 3.8) is 0 Å². The molecule has 1 aliphatic carbocycles. The first-order valence-electron chi connectivity index (χ1n) is 11.8. The molecule has 1 saturated carbocycles. The maximum atomic E-state index is 13.3. The van der Waals surface area contributed by atoms with E-state index in [4.69, 9.17) is 9.26 Å². The molecule has 2 aromatic carbocycles. The Balaban J connectivity index is 1.64. The number of nitrogens with one attached hydrogen (secondary N) is 1. The summed E-state index contributed by atoms with van der Waals surface area (Å²) < 4.78 is 10.8. The molecule has 2 aliphatic rings. The average molecular weight is 448 g/mol. The van der Waals surface area contributed by atoms with Crippen molar-refractivity contribution >= 4 is 5.91 Å². The number of carbonyl (C=O) groups excluding carboxylic acids is 1. The number of benzene rings is 2. The van der Waals surface area contributed by atoms with Crippen molar-refractivity contribution in [2.24, 2.45) is 0 Å². The number of hydrogen-bond donors (Lipinski definition) is 1. The molecule has 7 nitrogen and oxygen atoms in total. The third-order valence-corrected chi connectivity index (χ3v) is 6.75. The van der Waals surface area contributed by atoms with Gasteiger partial charge in [-0.3, -0.25) is 4.79 Å². The van der Waals surface area contributed by atoms with E-state index in [0.717, 1.165) is 35.1 Å². The predicted molar refractivity (Wildman–Crippen MR) is 125 cm³/mol. The van der Waals surface area contributed by atoms with E-state index in [0.29, 0.717) is 32.2 Å². The number of amides is 1. The van der Waals surface area contributed by atoms with Crippen LogP contribution in [0.4, 0.5) is 0 Å². The largest absolute Gasteiger partial charge is 0.378 e. The Hall–Kier alpha value is -3.19. The molecule has 3 aromatic rings. The van der Waals surface area contributed by atoms with E-state index in [1.54, 1.807) is 0 Å². The molecule has 172 valence electrons. The van der Waals surface area contributed by atoms with Crippen molar-refractivity contribution in [3.8, 4) is 22.6 Å². The van der Waals surface area contributed by atoms with Gasteiger partial charge in [0, 0.05) is 18.7 Å². The average Bonchev–Trinajstić information content (AvgIpc) is 3.31. The maximum Gasteiger partial charge on any atom is 0.377 e. The Morgan fingerprint density at radius 1 is 1.03 bits per heavy atom. The highest BCUT2D eigenvalue weighted by atomic mass is 16.5. The molecule has 1 amide bonds. The number of ether oxygens (including phenoxy) is 1. The first kappa shape index (κ1) is 21.6. The third kappa shape index (κ3) is 4.78. The molecule has 0 atom stereocenters. The molecule has 0 spiro atoms. The number of morpholine rings is 1. The molecule has 1 aromatic heterocycles. The SMILES string of the molecule is O=C(Cc1cc(-c2nc(=O)[nH]o2)cc(C2CCCCC2)c1-c1ccccc1)N1CCOCC1. The highest BCUT2D eigenvalue weighted by Crippen LogP contribution is 2.42. The summed E-state index contributed by atoms with van der Waals surface area (Å²) in [7, 11) is 0. The Kier molecular flexibility index (Phi) is 6.39. The molecule has 33 heavy (non-hydrogen) atoms. The Morgan fingerprint density at radius 3 is 2.48 bits per heavy atom. The van der Waals surface area contributed by atoms with Gasteiger partial charge in [0.05, 0.1) is 19.6 Å². The van der Waals surface area contributed by atoms with Crippen molar-refractivity contribution in [1.82, 2.24) is 15.0 Å². The third-order valence-electron chi connectivity index (χ3n) is 6.75. The van der Waals surface area contributed by atoms with Gasteiger partial charge in [0.25, 0.3) is 5.89 Å². The van der Waals surface area contributed by atoms with Crippen LogP contribution in [0, 0.1) is 0 Å². The van der Waals surface area contributed by atoms with Crippen LogP contribution in [0.25, 0.3) is 22.6 Å². The standard InChI is InChI=1S/C26H29N3O4/c30-23(29-11-13-32-14-12-29)17-20-15-21(25-27-26(31)28-33-25)16-22(18-7-3-1-4-8-18)24(20)19-9-5-2-6-10-19/h2,5-6,9-10,15-16,18H,1,3-4,7-8,11-14,17H2,(H,28,31). The van der Waals surface area contributed by atoms with E-state index in [2.05, 4.69) is 28.3 Å². The summed E-state index contributed by atoms with van der Waals surface area (Å²) in [6.07, 6.45) is 6.17. The van der Waals surface area contributed by atoms with E-state index < -0.39 is 5.69 Å². The van der Waals surface area contributed by atoms with Gasteiger partial charge in [0.15, 0.2) is 0 Å². The summed E-state index contributed by atoms with van der Waals surface area (Å²) in [5.74, 6) is 0.749. The van der Waals surface area contributed by atoms with Crippen LogP contribution < -0.4 is 5.69 Å². The van der Waals surface area contributed by atoms with Gasteiger partial charge < -0.3 is 14.2 Å². The Morgan fingerprint density at radius 2 is 1.79 bits per heavy atom. The number of aromatic amines is 1. The second-order valence-electron chi connectivity index (χ2n) is 8.90. The highest BCUT2D eigenvalue weighted by molar-refractivity contribution is 5.85. The first-order valence-corrected chi connectivity index (χ1v) is 11.8. The minimum atomic E-state index is -0.512. The lowest BCUT2D eigenvalue weighted by atomic mass is 9.78. The van der Waals surface area contributed by atoms with Crippen LogP contribution >= 0.6 is 0 Å². The van der Waals surface area contributed by atoms with Crippen molar-refractivity contribution in [2.75, 3.05) is 26.3 Å². The van der Waals surface area contributed by atoms with Gasteiger partial charge in [0.2, 0.25) is 5.91 Å². The van der Waals surface area contributed by atoms with Gasteiger partial charge >= 0.3 is 5.69 Å². The predicted octanol–water partition coefficient (Wildman–Crippen LogP) is 4.15. The molecule has 1 aliphatic heterocycles. The number of hydrogen-bond acceptors (Lipinski definition) is 5. The molecular weight excluding hydrogens is 418 g/mol. The van der Waals surface area contributed by atoms with E-state index in [-0.39, 0.29) is 18.2 Å². The van der Waals surface area contributed by atoms with E-state index >= 15 is 0 Å². The smallest absolute Gasteiger partial charge is 0.377 e. The molecular formula is C26H29N3O4. The van der Waals surface area contributed by atoms with Crippen LogP contribution in [0.1, 0.15) is 49.1 Å². The fourth-order valence-corrected chi connectivity index (χ4v) is 5.12. The molecule has 0 bridgehead atoms. The van der Waals surface area contributed by atoms with Crippen LogP contribution in [-0.4, -0.2) is 47.3 Å². The maximum absolute atomic E-state index is 13.3. The van der Waals surface area contributed by atoms with Crippen LogP contribution in [0.5, 0.6) is 0 Å². The highest BCUT2D eigenvalue weighted by Gasteiger charge is 2.26. The summed E-state index contributed by atoms with van der Waals surface area (Å²) >= 11 is 0. The molecule has 0 unspecified atom stereocenters. The Bertz CT molecular complexity index is 1160. The van der Waals surface area contributed by atoms with Gasteiger partial charge in [-0.15, -0.1) is 0 Å². The van der Waals surface area contributed by atoms with Crippen molar-refractivity contribution in [1.29, 1.82) is 0 Å². The lowest BCUT2D eigenvalue weighted by molar-refractivity contribution is -0.134. The normalized spacial score (nSPS) is 17.3. The van der Waals surface area contributed by atoms with Crippen molar-refractivity contribution < 1.29 is 14.1 Å². The lowest BCUT2D eigenvalue weighted by Crippen LogP contribution is -2.41. The van der Waals surface area contributed by atoms with Gasteiger partial charge in [-0.25, -0.2) is 4.79 Å². The molecule has 7 heteroatoms. The summed E-state index contributed by atoms with van der Waals surface area (Å²) in [5, 5.41) is 2.29. The van der Waals surface area contributed by atoms with E-state index in [9.17, 15) is 9.59 Å². The molecule has 5 rings (SSSR count). The van der Waals surface area contributed by atoms with Gasteiger partial charge in [-0.1, -0.05) is 49.6 Å². The lowest BCUT2D eigenvalue weighted by Gasteiger charge is -2.29. The zero-order chi connectivity index (χ0) is 22.6. The van der Waals surface area contributed by atoms with Gasteiger partial charge in [-0.2, -0.15) is 10.1 Å². The number of rotatable bonds is 5. The molecule has 1 saturated heterocycles. The minimum Gasteiger partial charge on any atom is -0.378 e. The number of carbonyl (C=O) groups is 1. The zero-order valence-electron chi connectivity index (χ0n) is 18.7. The van der Waals surface area contributed by atoms with Crippen LogP contribution in [-0.2, 0) is 16.0 Å². The summed E-state index contributed by atoms with van der Waals surface area (Å²) in [6, 6.07) is 14.4. The molecule has 2 heterocycles. The van der Waals surface area contributed by atoms with Crippen LogP contribution in [0.3, 0.4) is 0 Å². The number of H-pyrrole nitrogens is 1. The van der Waals surface area contributed by atoms with Crippen LogP contribution in [0.2, 0.25) is 0 Å². The zero-order valence-corrected chi connectivity index (χ0v) is 18.7. The topological polar surface area (TPSA) is 88.4 Å². The fourth-order valence-electron chi connectivity index (χ4n) is 5.12. The first-order chi connectivity index (χ1) is 16.2. The minimum absolute atomic E-state index is 0.0886. The fraction of sp³-hybridized carbons (Fsp3) is 0.423. The van der Waals surface area contributed by atoms with E-state index in [1.165, 1.54) is 24.8 Å². The number of nitrogens with zero attached hydrogens (tertiary/aromatic N) is 2. The van der Waals surface area contributed by atoms with Gasteiger partial charge in [0.1, 0.15) is 0 Å². The summed E-state index contributed by atoms with van der Waals surface area (Å²) in [6.45, 7) is 2.37. The quantitative estimate of drug-likeness (QED) is 0.635. The van der Waals surface area contributed by atoms with Crippen molar-refractivity contribution in [2.45, 2.75) is 44.4 Å². The molecule has 0 radical (unpaired) electrons. The van der Waals surface area contributed by atoms with Crippen LogP contribution in [0.15, 0.2) is 51.8 Å². The summed E-state index contributed by atoms with van der Waals surface area (Å²) in [5.41, 5.74) is 4.62.